The molecule has 0 aromatic heterocycles. The van der Waals surface area contributed by atoms with Gasteiger partial charge in [-0.15, -0.1) is 0 Å². The van der Waals surface area contributed by atoms with E-state index in [9.17, 15) is 4.79 Å². The third-order valence-electron chi connectivity index (χ3n) is 2.02. The Morgan fingerprint density at radius 1 is 1.44 bits per heavy atom. The Balaban J connectivity index is 2.87. The number of rotatable bonds is 4. The van der Waals surface area contributed by atoms with Crippen LogP contribution in [0.4, 0.5) is 0 Å². The fourth-order valence-electron chi connectivity index (χ4n) is 1.21. The summed E-state index contributed by atoms with van der Waals surface area (Å²) in [7, 11) is 0. The average molecular weight is 222 g/mol. The van der Waals surface area contributed by atoms with Gasteiger partial charge in [0.1, 0.15) is 6.04 Å². The van der Waals surface area contributed by atoms with Crippen molar-refractivity contribution in [1.82, 2.24) is 0 Å². The third kappa shape index (κ3) is 3.25. The lowest BCUT2D eigenvalue weighted by Crippen LogP contribution is -2.22. The summed E-state index contributed by atoms with van der Waals surface area (Å²) in [5, 5.41) is 8.75. The SMILES string of the molecule is NC(N)=NCc1cccc([C@@H](N)C(=O)O)c1. The van der Waals surface area contributed by atoms with Crippen LogP contribution in [0.3, 0.4) is 0 Å². The summed E-state index contributed by atoms with van der Waals surface area (Å²) in [4.78, 5) is 14.5. The Bertz CT molecular complexity index is 413. The van der Waals surface area contributed by atoms with Crippen LogP contribution in [0.5, 0.6) is 0 Å². The molecule has 0 spiro atoms. The molecule has 6 heteroatoms. The lowest BCUT2D eigenvalue weighted by Gasteiger charge is -2.07. The van der Waals surface area contributed by atoms with E-state index in [1.165, 1.54) is 0 Å². The largest absolute Gasteiger partial charge is 0.480 e. The molecule has 0 aliphatic rings. The molecule has 1 atom stereocenters. The highest BCUT2D eigenvalue weighted by Crippen LogP contribution is 2.13. The monoisotopic (exact) mass is 222 g/mol. The van der Waals surface area contributed by atoms with E-state index in [2.05, 4.69) is 4.99 Å². The second-order valence-corrected chi connectivity index (χ2v) is 3.30. The van der Waals surface area contributed by atoms with E-state index in [1.807, 2.05) is 0 Å². The predicted molar refractivity (Wildman–Crippen MR) is 60.5 cm³/mol. The maximum atomic E-state index is 10.7. The number of carboxylic acids is 1. The van der Waals surface area contributed by atoms with Gasteiger partial charge in [-0.2, -0.15) is 0 Å². The Morgan fingerprint density at radius 2 is 2.12 bits per heavy atom. The number of nitrogens with zero attached hydrogens (tertiary/aromatic N) is 1. The Kier molecular flexibility index (Phi) is 3.84. The Labute approximate surface area is 92.8 Å². The lowest BCUT2D eigenvalue weighted by molar-refractivity contribution is -0.138. The fourth-order valence-corrected chi connectivity index (χ4v) is 1.21. The minimum Gasteiger partial charge on any atom is -0.480 e. The molecule has 0 bridgehead atoms. The number of benzene rings is 1. The van der Waals surface area contributed by atoms with Gasteiger partial charge in [0.05, 0.1) is 6.54 Å². The van der Waals surface area contributed by atoms with Crippen LogP contribution in [-0.2, 0) is 11.3 Å². The highest BCUT2D eigenvalue weighted by atomic mass is 16.4. The van der Waals surface area contributed by atoms with Gasteiger partial charge in [0.15, 0.2) is 5.96 Å². The number of nitrogens with two attached hydrogens (primary N) is 3. The first-order valence-corrected chi connectivity index (χ1v) is 4.63. The van der Waals surface area contributed by atoms with Crippen molar-refractivity contribution in [3.63, 3.8) is 0 Å². The highest BCUT2D eigenvalue weighted by Gasteiger charge is 2.13. The number of aliphatic carboxylic acids is 1. The average Bonchev–Trinajstić information content (AvgIpc) is 2.25. The summed E-state index contributed by atoms with van der Waals surface area (Å²) in [5.41, 5.74) is 17.2. The number of guanidine groups is 1. The van der Waals surface area contributed by atoms with E-state index in [1.54, 1.807) is 24.3 Å². The first-order valence-electron chi connectivity index (χ1n) is 4.63. The molecule has 1 rings (SSSR count). The summed E-state index contributed by atoms with van der Waals surface area (Å²) in [6, 6.07) is 5.81. The summed E-state index contributed by atoms with van der Waals surface area (Å²) < 4.78 is 0. The molecule has 0 fully saturated rings. The van der Waals surface area contributed by atoms with Crippen molar-refractivity contribution in [2.75, 3.05) is 0 Å². The molecular formula is C10H14N4O2. The van der Waals surface area contributed by atoms with Crippen LogP contribution in [0.2, 0.25) is 0 Å². The molecule has 86 valence electrons. The molecule has 1 aromatic carbocycles. The molecule has 0 unspecified atom stereocenters. The zero-order valence-electron chi connectivity index (χ0n) is 8.63. The van der Waals surface area contributed by atoms with E-state index in [0.29, 0.717) is 12.1 Å². The van der Waals surface area contributed by atoms with Crippen molar-refractivity contribution >= 4 is 11.9 Å². The minimum absolute atomic E-state index is 0.00654. The van der Waals surface area contributed by atoms with E-state index >= 15 is 0 Å². The van der Waals surface area contributed by atoms with Gasteiger partial charge >= 0.3 is 5.97 Å². The quantitative estimate of drug-likeness (QED) is 0.405. The molecule has 7 N–H and O–H groups in total. The van der Waals surface area contributed by atoms with Crippen molar-refractivity contribution in [3.05, 3.63) is 35.4 Å². The molecule has 6 nitrogen and oxygen atoms in total. The maximum absolute atomic E-state index is 10.7. The zero-order chi connectivity index (χ0) is 12.1. The van der Waals surface area contributed by atoms with Crippen LogP contribution in [0.1, 0.15) is 17.2 Å². The number of carboxylic acid groups (broad SMARTS) is 1. The second kappa shape index (κ2) is 5.13. The number of hydrogen-bond acceptors (Lipinski definition) is 3. The minimum atomic E-state index is -1.07. The Morgan fingerprint density at radius 3 is 2.69 bits per heavy atom. The number of aliphatic imine (C=N–C) groups is 1. The number of carbonyl (C=O) groups is 1. The van der Waals surface area contributed by atoms with Gasteiger partial charge in [-0.05, 0) is 11.1 Å². The topological polar surface area (TPSA) is 128 Å². The van der Waals surface area contributed by atoms with E-state index in [-0.39, 0.29) is 5.96 Å². The highest BCUT2D eigenvalue weighted by molar-refractivity contribution is 5.76. The van der Waals surface area contributed by atoms with Crippen molar-refractivity contribution in [2.24, 2.45) is 22.2 Å². The van der Waals surface area contributed by atoms with Crippen LogP contribution >= 0.6 is 0 Å². The summed E-state index contributed by atoms with van der Waals surface area (Å²) >= 11 is 0. The standard InChI is InChI=1S/C10H14N4O2/c11-8(9(15)16)7-3-1-2-6(4-7)5-14-10(12)13/h1-4,8H,5,11H2,(H,15,16)(H4,12,13,14)/t8-/m1/s1. The predicted octanol–water partition coefficient (Wildman–Crippen LogP) is -0.456. The van der Waals surface area contributed by atoms with Crippen molar-refractivity contribution in [2.45, 2.75) is 12.6 Å². The molecule has 16 heavy (non-hydrogen) atoms. The third-order valence-corrected chi connectivity index (χ3v) is 2.02. The normalized spacial score (nSPS) is 11.8. The van der Waals surface area contributed by atoms with Crippen LogP contribution in [-0.4, -0.2) is 17.0 Å². The van der Waals surface area contributed by atoms with Crippen LogP contribution in [0.25, 0.3) is 0 Å². The van der Waals surface area contributed by atoms with Crippen molar-refractivity contribution in [1.29, 1.82) is 0 Å². The smallest absolute Gasteiger partial charge is 0.325 e. The summed E-state index contributed by atoms with van der Waals surface area (Å²) in [6.07, 6.45) is 0. The van der Waals surface area contributed by atoms with Gasteiger partial charge in [0.25, 0.3) is 0 Å². The van der Waals surface area contributed by atoms with Gasteiger partial charge in [-0.3, -0.25) is 4.79 Å². The molecule has 0 saturated carbocycles. The summed E-state index contributed by atoms with van der Waals surface area (Å²) in [6.45, 7) is 0.308. The van der Waals surface area contributed by atoms with E-state index in [0.717, 1.165) is 5.56 Å². The van der Waals surface area contributed by atoms with Crippen LogP contribution < -0.4 is 17.2 Å². The molecule has 0 radical (unpaired) electrons. The van der Waals surface area contributed by atoms with E-state index < -0.39 is 12.0 Å². The summed E-state index contributed by atoms with van der Waals surface area (Å²) in [5.74, 6) is -1.08. The zero-order valence-corrected chi connectivity index (χ0v) is 8.63. The molecule has 0 saturated heterocycles. The van der Waals surface area contributed by atoms with Gasteiger partial charge in [0, 0.05) is 0 Å². The maximum Gasteiger partial charge on any atom is 0.325 e. The first-order chi connectivity index (χ1) is 7.50. The van der Waals surface area contributed by atoms with Crippen molar-refractivity contribution in [3.8, 4) is 0 Å². The molecule has 1 aromatic rings. The first kappa shape index (κ1) is 12.0. The van der Waals surface area contributed by atoms with Crippen molar-refractivity contribution < 1.29 is 9.90 Å². The molecule has 0 aliphatic carbocycles. The Hall–Kier alpha value is -2.08. The molecular weight excluding hydrogens is 208 g/mol. The van der Waals surface area contributed by atoms with Crippen LogP contribution in [0, 0.1) is 0 Å². The fraction of sp³-hybridized carbons (Fsp3) is 0.200. The molecule has 0 heterocycles. The van der Waals surface area contributed by atoms with Gasteiger partial charge in [-0.25, -0.2) is 4.99 Å². The van der Waals surface area contributed by atoms with Crippen LogP contribution in [0.15, 0.2) is 29.3 Å². The van der Waals surface area contributed by atoms with Gasteiger partial charge in [0.2, 0.25) is 0 Å². The van der Waals surface area contributed by atoms with E-state index in [4.69, 9.17) is 22.3 Å². The number of hydrogen-bond donors (Lipinski definition) is 4. The van der Waals surface area contributed by atoms with Gasteiger partial charge < -0.3 is 22.3 Å². The van der Waals surface area contributed by atoms with Gasteiger partial charge in [-0.1, -0.05) is 24.3 Å². The second-order valence-electron chi connectivity index (χ2n) is 3.30. The molecule has 0 amide bonds. The molecule has 0 aliphatic heterocycles. The lowest BCUT2D eigenvalue weighted by atomic mass is 10.0.